The Kier molecular flexibility index (Phi) is 5.25. The Hall–Kier alpha value is -0.780. The standard InChI is InChI=1S/C10H21NO4S/c1-6-7-8-11(16(5,13)14)9(12)15-10(2,3)4/h6-8H2,1-5H3. The maximum absolute atomic E-state index is 11.6. The number of carbonyl (C=O) groups is 1. The molecular formula is C10H21NO4S. The van der Waals surface area contributed by atoms with Crippen molar-refractivity contribution in [3.8, 4) is 0 Å². The summed E-state index contributed by atoms with van der Waals surface area (Å²) in [5.41, 5.74) is -0.688. The molecule has 16 heavy (non-hydrogen) atoms. The van der Waals surface area contributed by atoms with Gasteiger partial charge in [0.15, 0.2) is 0 Å². The van der Waals surface area contributed by atoms with Gasteiger partial charge >= 0.3 is 6.09 Å². The number of nitrogens with zero attached hydrogens (tertiary/aromatic N) is 1. The van der Waals surface area contributed by atoms with E-state index < -0.39 is 21.7 Å². The quantitative estimate of drug-likeness (QED) is 0.766. The van der Waals surface area contributed by atoms with Crippen LogP contribution in [0.15, 0.2) is 0 Å². The highest BCUT2D eigenvalue weighted by atomic mass is 32.2. The third kappa shape index (κ3) is 5.95. The first-order valence-corrected chi connectivity index (χ1v) is 7.13. The van der Waals surface area contributed by atoms with Gasteiger partial charge < -0.3 is 4.74 Å². The van der Waals surface area contributed by atoms with Crippen LogP contribution >= 0.6 is 0 Å². The highest BCUT2D eigenvalue weighted by molar-refractivity contribution is 7.88. The summed E-state index contributed by atoms with van der Waals surface area (Å²) in [6.07, 6.45) is 1.65. The maximum atomic E-state index is 11.6. The molecule has 0 N–H and O–H groups in total. The van der Waals surface area contributed by atoms with Crippen molar-refractivity contribution < 1.29 is 17.9 Å². The van der Waals surface area contributed by atoms with Crippen molar-refractivity contribution in [1.29, 1.82) is 0 Å². The van der Waals surface area contributed by atoms with Gasteiger partial charge in [-0.2, -0.15) is 0 Å². The van der Waals surface area contributed by atoms with E-state index in [0.717, 1.165) is 17.0 Å². The summed E-state index contributed by atoms with van der Waals surface area (Å²) in [4.78, 5) is 11.6. The molecule has 5 nitrogen and oxygen atoms in total. The van der Waals surface area contributed by atoms with Gasteiger partial charge in [-0.25, -0.2) is 17.5 Å². The molecule has 0 aromatic heterocycles. The normalized spacial score (nSPS) is 12.3. The summed E-state index contributed by atoms with van der Waals surface area (Å²) in [7, 11) is -3.55. The molecule has 0 spiro atoms. The van der Waals surface area contributed by atoms with E-state index in [1.165, 1.54) is 0 Å². The van der Waals surface area contributed by atoms with Gasteiger partial charge in [0.05, 0.1) is 6.26 Å². The lowest BCUT2D eigenvalue weighted by Gasteiger charge is -2.25. The van der Waals surface area contributed by atoms with Crippen LogP contribution in [0.5, 0.6) is 0 Å². The van der Waals surface area contributed by atoms with Crippen LogP contribution in [0.25, 0.3) is 0 Å². The van der Waals surface area contributed by atoms with Crippen LogP contribution in [-0.2, 0) is 14.8 Å². The fraction of sp³-hybridized carbons (Fsp3) is 0.900. The molecule has 0 aliphatic rings. The minimum Gasteiger partial charge on any atom is -0.443 e. The van der Waals surface area contributed by atoms with Gasteiger partial charge in [0.1, 0.15) is 5.60 Å². The smallest absolute Gasteiger partial charge is 0.424 e. The zero-order valence-corrected chi connectivity index (χ0v) is 11.4. The molecule has 0 rings (SSSR count). The lowest BCUT2D eigenvalue weighted by molar-refractivity contribution is 0.0391. The Morgan fingerprint density at radius 3 is 2.12 bits per heavy atom. The average molecular weight is 251 g/mol. The van der Waals surface area contributed by atoms with Crippen molar-refractivity contribution in [2.75, 3.05) is 12.8 Å². The van der Waals surface area contributed by atoms with E-state index in [4.69, 9.17) is 4.74 Å². The van der Waals surface area contributed by atoms with Crippen LogP contribution in [0, 0.1) is 0 Å². The van der Waals surface area contributed by atoms with Gasteiger partial charge in [0, 0.05) is 6.54 Å². The first-order valence-electron chi connectivity index (χ1n) is 5.28. The monoisotopic (exact) mass is 251 g/mol. The van der Waals surface area contributed by atoms with Gasteiger partial charge in [-0.3, -0.25) is 0 Å². The van der Waals surface area contributed by atoms with Gasteiger partial charge in [0.2, 0.25) is 10.0 Å². The largest absolute Gasteiger partial charge is 0.443 e. The van der Waals surface area contributed by atoms with Crippen LogP contribution in [0.2, 0.25) is 0 Å². The fourth-order valence-corrected chi connectivity index (χ4v) is 1.78. The van der Waals surface area contributed by atoms with Crippen molar-refractivity contribution in [3.05, 3.63) is 0 Å². The number of carbonyl (C=O) groups excluding carboxylic acids is 1. The third-order valence-corrected chi connectivity index (χ3v) is 2.84. The van der Waals surface area contributed by atoms with Crippen LogP contribution < -0.4 is 0 Å². The molecule has 1 amide bonds. The molecule has 0 radical (unpaired) electrons. The van der Waals surface area contributed by atoms with Crippen molar-refractivity contribution >= 4 is 16.1 Å². The molecular weight excluding hydrogens is 230 g/mol. The SMILES string of the molecule is CCCCN(C(=O)OC(C)(C)C)S(C)(=O)=O. The van der Waals surface area contributed by atoms with Crippen molar-refractivity contribution in [3.63, 3.8) is 0 Å². The van der Waals surface area contributed by atoms with Crippen LogP contribution in [-0.4, -0.2) is 37.2 Å². The molecule has 0 heterocycles. The molecule has 0 bridgehead atoms. The molecule has 0 aliphatic heterocycles. The summed E-state index contributed by atoms with van der Waals surface area (Å²) in [5.74, 6) is 0. The molecule has 96 valence electrons. The molecule has 0 unspecified atom stereocenters. The summed E-state index contributed by atoms with van der Waals surface area (Å²) >= 11 is 0. The number of hydrogen-bond donors (Lipinski definition) is 0. The number of hydrogen-bond acceptors (Lipinski definition) is 4. The lowest BCUT2D eigenvalue weighted by atomic mass is 10.2. The number of amides is 1. The fourth-order valence-electron chi connectivity index (χ4n) is 1.01. The minimum atomic E-state index is -3.55. The van der Waals surface area contributed by atoms with E-state index in [1.54, 1.807) is 20.8 Å². The Labute approximate surface area is 97.8 Å². The van der Waals surface area contributed by atoms with E-state index in [2.05, 4.69) is 0 Å². The predicted molar refractivity (Wildman–Crippen MR) is 62.7 cm³/mol. The number of unbranched alkanes of at least 4 members (excludes halogenated alkanes) is 1. The second-order valence-corrected chi connectivity index (χ2v) is 6.58. The summed E-state index contributed by atoms with van der Waals surface area (Å²) in [5, 5.41) is 0. The molecule has 0 aliphatic carbocycles. The van der Waals surface area contributed by atoms with Gasteiger partial charge in [-0.05, 0) is 27.2 Å². The zero-order chi connectivity index (χ0) is 13.0. The van der Waals surface area contributed by atoms with E-state index >= 15 is 0 Å². The van der Waals surface area contributed by atoms with Crippen LogP contribution in [0.1, 0.15) is 40.5 Å². The topological polar surface area (TPSA) is 63.7 Å². The molecule has 0 aromatic carbocycles. The minimum absolute atomic E-state index is 0.171. The van der Waals surface area contributed by atoms with Crippen molar-refractivity contribution in [2.45, 2.75) is 46.1 Å². The second-order valence-electron chi connectivity index (χ2n) is 4.67. The summed E-state index contributed by atoms with van der Waals surface area (Å²) in [6.45, 7) is 7.20. The van der Waals surface area contributed by atoms with E-state index in [1.807, 2.05) is 6.92 Å². The Balaban J connectivity index is 4.72. The second kappa shape index (κ2) is 5.52. The highest BCUT2D eigenvalue weighted by Gasteiger charge is 2.27. The molecule has 0 aromatic rings. The number of sulfonamides is 1. The van der Waals surface area contributed by atoms with Crippen LogP contribution in [0.4, 0.5) is 4.79 Å². The number of ether oxygens (including phenoxy) is 1. The maximum Gasteiger partial charge on any atom is 0.424 e. The zero-order valence-electron chi connectivity index (χ0n) is 10.6. The molecule has 0 saturated heterocycles. The summed E-state index contributed by atoms with van der Waals surface area (Å²) < 4.78 is 28.6. The van der Waals surface area contributed by atoms with Gasteiger partial charge in [-0.1, -0.05) is 13.3 Å². The Morgan fingerprint density at radius 2 is 1.81 bits per heavy atom. The van der Waals surface area contributed by atoms with E-state index in [-0.39, 0.29) is 6.54 Å². The predicted octanol–water partition coefficient (Wildman–Crippen LogP) is 1.98. The van der Waals surface area contributed by atoms with Gasteiger partial charge in [0.25, 0.3) is 0 Å². The van der Waals surface area contributed by atoms with Crippen LogP contribution in [0.3, 0.4) is 0 Å². The third-order valence-electron chi connectivity index (χ3n) is 1.71. The Morgan fingerprint density at radius 1 is 1.31 bits per heavy atom. The van der Waals surface area contributed by atoms with Crippen molar-refractivity contribution in [1.82, 2.24) is 4.31 Å². The average Bonchev–Trinajstić information content (AvgIpc) is 1.98. The first-order chi connectivity index (χ1) is 7.08. The Bertz CT molecular complexity index is 329. The molecule has 0 fully saturated rings. The van der Waals surface area contributed by atoms with E-state index in [0.29, 0.717) is 6.42 Å². The first kappa shape index (κ1) is 15.2. The van der Waals surface area contributed by atoms with Gasteiger partial charge in [-0.15, -0.1) is 0 Å². The molecule has 0 atom stereocenters. The van der Waals surface area contributed by atoms with E-state index in [9.17, 15) is 13.2 Å². The lowest BCUT2D eigenvalue weighted by Crippen LogP contribution is -2.40. The highest BCUT2D eigenvalue weighted by Crippen LogP contribution is 2.12. The summed E-state index contributed by atoms with van der Waals surface area (Å²) in [6, 6.07) is 0. The van der Waals surface area contributed by atoms with Crippen molar-refractivity contribution in [2.24, 2.45) is 0 Å². The molecule has 0 saturated carbocycles. The number of rotatable bonds is 4. The molecule has 6 heteroatoms.